The molecule has 0 saturated carbocycles. The maximum absolute atomic E-state index is 5.80. The zero-order valence-electron chi connectivity index (χ0n) is 9.67. The lowest BCUT2D eigenvalue weighted by Gasteiger charge is -2.07. The fraction of sp³-hybridized carbons (Fsp3) is 0.154. The highest BCUT2D eigenvalue weighted by Gasteiger charge is 2.00. The van der Waals surface area contributed by atoms with E-state index in [9.17, 15) is 0 Å². The smallest absolute Gasteiger partial charge is 0.120 e. The van der Waals surface area contributed by atoms with Crippen LogP contribution >= 0.6 is 27.7 Å². The lowest BCUT2D eigenvalue weighted by atomic mass is 10.3. The van der Waals surface area contributed by atoms with E-state index in [1.54, 1.807) is 24.2 Å². The molecule has 0 amide bonds. The van der Waals surface area contributed by atoms with Crippen molar-refractivity contribution in [3.8, 4) is 5.75 Å². The highest BCUT2D eigenvalue weighted by molar-refractivity contribution is 9.10. The van der Waals surface area contributed by atoms with E-state index in [-0.39, 0.29) is 0 Å². The van der Waals surface area contributed by atoms with Gasteiger partial charge in [0.05, 0.1) is 18.5 Å². The second-order valence-corrected chi connectivity index (χ2v) is 5.62. The maximum Gasteiger partial charge on any atom is 0.120 e. The molecule has 0 spiro atoms. The van der Waals surface area contributed by atoms with E-state index < -0.39 is 0 Å². The van der Waals surface area contributed by atoms with Gasteiger partial charge in [-0.1, -0.05) is 22.0 Å². The predicted octanol–water partition coefficient (Wildman–Crippen LogP) is 3.60. The number of halogens is 1. The molecule has 2 rings (SSSR count). The van der Waals surface area contributed by atoms with Crippen molar-refractivity contribution in [1.29, 1.82) is 0 Å². The Hall–Kier alpha value is -1.20. The zero-order valence-corrected chi connectivity index (χ0v) is 12.1. The number of hydrogen-bond acceptors (Lipinski definition) is 4. The van der Waals surface area contributed by atoms with Crippen molar-refractivity contribution in [2.24, 2.45) is 0 Å². The van der Waals surface area contributed by atoms with Gasteiger partial charge in [-0.25, -0.2) is 0 Å². The molecule has 0 fully saturated rings. The van der Waals surface area contributed by atoms with Crippen LogP contribution in [0.25, 0.3) is 0 Å². The Balaban J connectivity index is 1.78. The monoisotopic (exact) mass is 324 g/mol. The van der Waals surface area contributed by atoms with Crippen molar-refractivity contribution in [3.63, 3.8) is 0 Å². The molecule has 2 N–H and O–H groups in total. The first kappa shape index (κ1) is 13.2. The van der Waals surface area contributed by atoms with Gasteiger partial charge in [-0.2, -0.15) is 0 Å². The third kappa shape index (κ3) is 3.92. The first-order valence-electron chi connectivity index (χ1n) is 5.46. The molecule has 0 radical (unpaired) electrons. The number of hydrogen-bond donors (Lipinski definition) is 1. The summed E-state index contributed by atoms with van der Waals surface area (Å²) in [5.74, 6) is 1.72. The molecule has 0 atom stereocenters. The summed E-state index contributed by atoms with van der Waals surface area (Å²) in [5, 5.41) is 0. The predicted molar refractivity (Wildman–Crippen MR) is 79.0 cm³/mol. The molecule has 1 aromatic heterocycles. The molecular weight excluding hydrogens is 312 g/mol. The van der Waals surface area contributed by atoms with Gasteiger partial charge in [0.15, 0.2) is 0 Å². The first-order valence-corrected chi connectivity index (χ1v) is 7.24. The number of nitrogen functional groups attached to an aromatic ring is 1. The SMILES string of the molecule is Nc1cnccc1SCCOc1cccc(Br)c1. The molecule has 18 heavy (non-hydrogen) atoms. The maximum atomic E-state index is 5.80. The number of nitrogens with two attached hydrogens (primary N) is 1. The van der Waals surface area contributed by atoms with Crippen LogP contribution in [0.15, 0.2) is 52.1 Å². The minimum absolute atomic E-state index is 0.642. The third-order valence-corrected chi connectivity index (χ3v) is 3.76. The molecule has 0 saturated heterocycles. The average Bonchev–Trinajstić information content (AvgIpc) is 2.37. The number of rotatable bonds is 5. The van der Waals surface area contributed by atoms with Gasteiger partial charge in [-0.15, -0.1) is 11.8 Å². The van der Waals surface area contributed by atoms with Gasteiger partial charge < -0.3 is 10.5 Å². The van der Waals surface area contributed by atoms with Crippen molar-refractivity contribution in [2.45, 2.75) is 4.90 Å². The van der Waals surface area contributed by atoms with Crippen molar-refractivity contribution >= 4 is 33.4 Å². The Labute approximate surface area is 119 Å². The van der Waals surface area contributed by atoms with E-state index in [4.69, 9.17) is 10.5 Å². The second kappa shape index (κ2) is 6.66. The van der Waals surface area contributed by atoms with Gasteiger partial charge in [-0.05, 0) is 24.3 Å². The standard InChI is InChI=1S/C13H13BrN2OS/c14-10-2-1-3-11(8-10)17-6-7-18-13-4-5-16-9-12(13)15/h1-5,8-9H,6-7,15H2. The van der Waals surface area contributed by atoms with Crippen molar-refractivity contribution < 1.29 is 4.74 Å². The highest BCUT2D eigenvalue weighted by Crippen LogP contribution is 2.23. The topological polar surface area (TPSA) is 48.1 Å². The summed E-state index contributed by atoms with van der Waals surface area (Å²) in [6.45, 7) is 0.642. The highest BCUT2D eigenvalue weighted by atomic mass is 79.9. The number of pyridine rings is 1. The number of benzene rings is 1. The average molecular weight is 325 g/mol. The molecule has 3 nitrogen and oxygen atoms in total. The number of anilines is 1. The number of aromatic nitrogens is 1. The molecule has 0 aliphatic rings. The van der Waals surface area contributed by atoms with Crippen LogP contribution in [0.3, 0.4) is 0 Å². The summed E-state index contributed by atoms with van der Waals surface area (Å²) in [4.78, 5) is 5.00. The van der Waals surface area contributed by atoms with Crippen molar-refractivity contribution in [1.82, 2.24) is 4.98 Å². The van der Waals surface area contributed by atoms with E-state index in [1.165, 1.54) is 0 Å². The summed E-state index contributed by atoms with van der Waals surface area (Å²) < 4.78 is 6.66. The van der Waals surface area contributed by atoms with E-state index in [1.807, 2.05) is 30.3 Å². The number of ether oxygens (including phenoxy) is 1. The van der Waals surface area contributed by atoms with Gasteiger partial charge in [-0.3, -0.25) is 4.98 Å². The molecular formula is C13H13BrN2OS. The Morgan fingerprint density at radius 2 is 2.22 bits per heavy atom. The van der Waals surface area contributed by atoms with Gasteiger partial charge in [0.2, 0.25) is 0 Å². The molecule has 1 aromatic carbocycles. The number of nitrogens with zero attached hydrogens (tertiary/aromatic N) is 1. The lowest BCUT2D eigenvalue weighted by molar-refractivity contribution is 0.344. The van der Waals surface area contributed by atoms with Gasteiger partial charge in [0.25, 0.3) is 0 Å². The summed E-state index contributed by atoms with van der Waals surface area (Å²) in [6, 6.07) is 9.73. The first-order chi connectivity index (χ1) is 8.75. The minimum Gasteiger partial charge on any atom is -0.493 e. The normalized spacial score (nSPS) is 10.3. The molecule has 0 unspecified atom stereocenters. The lowest BCUT2D eigenvalue weighted by Crippen LogP contribution is -2.00. The molecule has 0 bridgehead atoms. The summed E-state index contributed by atoms with van der Waals surface area (Å²) in [7, 11) is 0. The molecule has 94 valence electrons. The minimum atomic E-state index is 0.642. The number of thioether (sulfide) groups is 1. The van der Waals surface area contributed by atoms with Crippen LogP contribution in [0.1, 0.15) is 0 Å². The van der Waals surface area contributed by atoms with Crippen LogP contribution in [0.4, 0.5) is 5.69 Å². The quantitative estimate of drug-likeness (QED) is 0.674. The van der Waals surface area contributed by atoms with Crippen molar-refractivity contribution in [2.75, 3.05) is 18.1 Å². The van der Waals surface area contributed by atoms with Gasteiger partial charge in [0.1, 0.15) is 5.75 Å². The van der Waals surface area contributed by atoms with E-state index in [2.05, 4.69) is 20.9 Å². The van der Waals surface area contributed by atoms with E-state index in [0.717, 1.165) is 20.9 Å². The Morgan fingerprint density at radius 3 is 3.00 bits per heavy atom. The summed E-state index contributed by atoms with van der Waals surface area (Å²) in [6.07, 6.45) is 3.41. The van der Waals surface area contributed by atoms with Gasteiger partial charge >= 0.3 is 0 Å². The van der Waals surface area contributed by atoms with Crippen molar-refractivity contribution in [3.05, 3.63) is 47.2 Å². The fourth-order valence-corrected chi connectivity index (χ4v) is 2.53. The molecule has 1 heterocycles. The fourth-order valence-electron chi connectivity index (χ4n) is 1.39. The van der Waals surface area contributed by atoms with E-state index >= 15 is 0 Å². The Morgan fingerprint density at radius 1 is 1.33 bits per heavy atom. The molecule has 0 aliphatic heterocycles. The third-order valence-electron chi connectivity index (χ3n) is 2.22. The van der Waals surface area contributed by atoms with Crippen LogP contribution in [-0.4, -0.2) is 17.3 Å². The largest absolute Gasteiger partial charge is 0.493 e. The summed E-state index contributed by atoms with van der Waals surface area (Å²) in [5.41, 5.74) is 6.52. The van der Waals surface area contributed by atoms with Gasteiger partial charge in [0, 0.05) is 21.3 Å². The molecule has 2 aromatic rings. The van der Waals surface area contributed by atoms with Crippen LogP contribution in [-0.2, 0) is 0 Å². The molecule has 0 aliphatic carbocycles. The van der Waals surface area contributed by atoms with Crippen LogP contribution in [0.5, 0.6) is 5.75 Å². The molecule has 5 heteroatoms. The van der Waals surface area contributed by atoms with Crippen LogP contribution < -0.4 is 10.5 Å². The zero-order chi connectivity index (χ0) is 12.8. The summed E-state index contributed by atoms with van der Waals surface area (Å²) >= 11 is 5.08. The Kier molecular flexibility index (Phi) is 4.90. The van der Waals surface area contributed by atoms with E-state index in [0.29, 0.717) is 12.3 Å². The second-order valence-electron chi connectivity index (χ2n) is 3.57. The Bertz CT molecular complexity index is 522. The van der Waals surface area contributed by atoms with Crippen LogP contribution in [0.2, 0.25) is 0 Å². The van der Waals surface area contributed by atoms with Crippen LogP contribution in [0, 0.1) is 0 Å².